The SMILES string of the molecule is CCC(I)Oc1c(C)cc(-c2noc(C)n2)cc1C. The van der Waals surface area contributed by atoms with E-state index >= 15 is 0 Å². The zero-order valence-corrected chi connectivity index (χ0v) is 13.7. The van der Waals surface area contributed by atoms with Crippen molar-refractivity contribution in [3.63, 3.8) is 0 Å². The van der Waals surface area contributed by atoms with E-state index in [0.717, 1.165) is 28.9 Å². The van der Waals surface area contributed by atoms with E-state index in [2.05, 4.69) is 39.7 Å². The van der Waals surface area contributed by atoms with Crippen LogP contribution in [0, 0.1) is 20.8 Å². The first-order valence-electron chi connectivity index (χ1n) is 6.24. The van der Waals surface area contributed by atoms with Crippen LogP contribution in [0.15, 0.2) is 16.7 Å². The van der Waals surface area contributed by atoms with Gasteiger partial charge in [-0.2, -0.15) is 4.98 Å². The Morgan fingerprint density at radius 2 is 1.89 bits per heavy atom. The van der Waals surface area contributed by atoms with Crippen LogP contribution in [0.1, 0.15) is 30.4 Å². The molecule has 0 spiro atoms. The van der Waals surface area contributed by atoms with Crippen molar-refractivity contribution in [2.45, 2.75) is 38.2 Å². The highest BCUT2D eigenvalue weighted by Crippen LogP contribution is 2.30. The van der Waals surface area contributed by atoms with Crippen molar-refractivity contribution in [2.75, 3.05) is 0 Å². The van der Waals surface area contributed by atoms with Gasteiger partial charge in [0.15, 0.2) is 0 Å². The third-order valence-corrected chi connectivity index (χ3v) is 3.95. The topological polar surface area (TPSA) is 48.2 Å². The second-order valence-corrected chi connectivity index (χ2v) is 5.90. The zero-order valence-electron chi connectivity index (χ0n) is 11.5. The van der Waals surface area contributed by atoms with Gasteiger partial charge in [0.25, 0.3) is 0 Å². The molecule has 1 aromatic carbocycles. The van der Waals surface area contributed by atoms with Crippen molar-refractivity contribution in [3.8, 4) is 17.1 Å². The van der Waals surface area contributed by atoms with E-state index in [-0.39, 0.29) is 4.11 Å². The van der Waals surface area contributed by atoms with Crippen molar-refractivity contribution >= 4 is 22.6 Å². The predicted molar refractivity (Wildman–Crippen MR) is 82.7 cm³/mol. The zero-order chi connectivity index (χ0) is 14.0. The molecule has 2 aromatic rings. The highest BCUT2D eigenvalue weighted by atomic mass is 127. The van der Waals surface area contributed by atoms with Crippen molar-refractivity contribution in [3.05, 3.63) is 29.2 Å². The monoisotopic (exact) mass is 372 g/mol. The second-order valence-electron chi connectivity index (χ2n) is 4.51. The van der Waals surface area contributed by atoms with E-state index in [0.29, 0.717) is 11.7 Å². The van der Waals surface area contributed by atoms with E-state index in [1.165, 1.54) is 0 Å². The molecular weight excluding hydrogens is 355 g/mol. The molecule has 0 aliphatic carbocycles. The minimum absolute atomic E-state index is 0.188. The summed E-state index contributed by atoms with van der Waals surface area (Å²) < 4.78 is 11.1. The Hall–Kier alpha value is -1.11. The van der Waals surface area contributed by atoms with Gasteiger partial charge in [0.1, 0.15) is 9.86 Å². The van der Waals surface area contributed by atoms with E-state index in [9.17, 15) is 0 Å². The number of rotatable bonds is 4. The van der Waals surface area contributed by atoms with Crippen molar-refractivity contribution in [2.24, 2.45) is 0 Å². The molecule has 2 rings (SSSR count). The molecule has 1 unspecified atom stereocenters. The summed E-state index contributed by atoms with van der Waals surface area (Å²) in [6.45, 7) is 7.98. The summed E-state index contributed by atoms with van der Waals surface area (Å²) in [5, 5.41) is 3.95. The van der Waals surface area contributed by atoms with Crippen LogP contribution < -0.4 is 4.74 Å². The number of hydrogen-bond acceptors (Lipinski definition) is 4. The molecular formula is C14H17IN2O2. The molecule has 0 aliphatic rings. The summed E-state index contributed by atoms with van der Waals surface area (Å²) in [6.07, 6.45) is 0.977. The summed E-state index contributed by atoms with van der Waals surface area (Å²) in [6, 6.07) is 4.07. The molecule has 4 nitrogen and oxygen atoms in total. The van der Waals surface area contributed by atoms with Crippen LogP contribution >= 0.6 is 22.6 Å². The largest absolute Gasteiger partial charge is 0.480 e. The van der Waals surface area contributed by atoms with Crippen LogP contribution in [-0.4, -0.2) is 14.3 Å². The molecule has 1 aromatic heterocycles. The van der Waals surface area contributed by atoms with E-state index < -0.39 is 0 Å². The Balaban J connectivity index is 2.36. The van der Waals surface area contributed by atoms with Crippen LogP contribution in [0.4, 0.5) is 0 Å². The van der Waals surface area contributed by atoms with Gasteiger partial charge in [-0.3, -0.25) is 0 Å². The molecule has 102 valence electrons. The molecule has 0 radical (unpaired) electrons. The third-order valence-electron chi connectivity index (χ3n) is 2.81. The Morgan fingerprint density at radius 1 is 1.26 bits per heavy atom. The van der Waals surface area contributed by atoms with Gasteiger partial charge in [0, 0.05) is 12.5 Å². The van der Waals surface area contributed by atoms with Gasteiger partial charge in [0.2, 0.25) is 11.7 Å². The molecule has 0 amide bonds. The number of hydrogen-bond donors (Lipinski definition) is 0. The molecule has 0 bridgehead atoms. The number of nitrogens with zero attached hydrogens (tertiary/aromatic N) is 2. The highest BCUT2D eigenvalue weighted by Gasteiger charge is 2.13. The van der Waals surface area contributed by atoms with Crippen LogP contribution in [0.5, 0.6) is 5.75 Å². The minimum atomic E-state index is 0.188. The van der Waals surface area contributed by atoms with Gasteiger partial charge in [-0.25, -0.2) is 0 Å². The van der Waals surface area contributed by atoms with Gasteiger partial charge >= 0.3 is 0 Å². The number of halogens is 1. The molecule has 0 saturated carbocycles. The standard InChI is InChI=1S/C14H17IN2O2/c1-5-12(15)18-13-8(2)6-11(7-9(13)3)14-16-10(4)19-17-14/h6-7,12H,5H2,1-4H3. The summed E-state index contributed by atoms with van der Waals surface area (Å²) in [4.78, 5) is 4.25. The quantitative estimate of drug-likeness (QED) is 0.596. The molecule has 0 N–H and O–H groups in total. The fourth-order valence-electron chi connectivity index (χ4n) is 1.89. The molecule has 1 atom stereocenters. The minimum Gasteiger partial charge on any atom is -0.480 e. The molecule has 19 heavy (non-hydrogen) atoms. The third kappa shape index (κ3) is 3.26. The van der Waals surface area contributed by atoms with Gasteiger partial charge in [-0.1, -0.05) is 12.1 Å². The Kier molecular flexibility index (Phi) is 4.44. The average molecular weight is 372 g/mol. The van der Waals surface area contributed by atoms with Gasteiger partial charge in [0.05, 0.1) is 0 Å². The number of benzene rings is 1. The highest BCUT2D eigenvalue weighted by molar-refractivity contribution is 14.1. The summed E-state index contributed by atoms with van der Waals surface area (Å²) in [5.41, 5.74) is 3.14. The molecule has 5 heteroatoms. The van der Waals surface area contributed by atoms with Gasteiger partial charge in [-0.15, -0.1) is 0 Å². The summed E-state index contributed by atoms with van der Waals surface area (Å²) >= 11 is 2.30. The lowest BCUT2D eigenvalue weighted by atomic mass is 10.1. The lowest BCUT2D eigenvalue weighted by molar-refractivity contribution is 0.295. The van der Waals surface area contributed by atoms with Crippen molar-refractivity contribution < 1.29 is 9.26 Å². The number of ether oxygens (including phenoxy) is 1. The van der Waals surface area contributed by atoms with Crippen molar-refractivity contribution in [1.29, 1.82) is 0 Å². The molecule has 1 heterocycles. The maximum atomic E-state index is 5.94. The number of aryl methyl sites for hydroxylation is 3. The summed E-state index contributed by atoms with van der Waals surface area (Å²) in [7, 11) is 0. The van der Waals surface area contributed by atoms with E-state index in [1.54, 1.807) is 6.92 Å². The average Bonchev–Trinajstić information content (AvgIpc) is 2.80. The van der Waals surface area contributed by atoms with Crippen LogP contribution in [0.2, 0.25) is 0 Å². The van der Waals surface area contributed by atoms with E-state index in [1.807, 2.05) is 26.0 Å². The van der Waals surface area contributed by atoms with Crippen LogP contribution in [0.3, 0.4) is 0 Å². The lowest BCUT2D eigenvalue weighted by Crippen LogP contribution is -2.08. The van der Waals surface area contributed by atoms with Crippen LogP contribution in [0.25, 0.3) is 11.4 Å². The number of alkyl halides is 1. The Bertz CT molecular complexity index is 558. The van der Waals surface area contributed by atoms with E-state index in [4.69, 9.17) is 9.26 Å². The fraction of sp³-hybridized carbons (Fsp3) is 0.429. The first-order chi connectivity index (χ1) is 9.01. The van der Waals surface area contributed by atoms with Crippen LogP contribution in [-0.2, 0) is 0 Å². The predicted octanol–water partition coefficient (Wildman–Crippen LogP) is 4.21. The smallest absolute Gasteiger partial charge is 0.223 e. The van der Waals surface area contributed by atoms with Gasteiger partial charge in [-0.05, 0) is 66.1 Å². The second kappa shape index (κ2) is 5.90. The Morgan fingerprint density at radius 3 is 2.37 bits per heavy atom. The molecule has 0 fully saturated rings. The number of aromatic nitrogens is 2. The Labute approximate surface area is 126 Å². The maximum Gasteiger partial charge on any atom is 0.223 e. The molecule has 0 saturated heterocycles. The normalized spacial score (nSPS) is 12.5. The van der Waals surface area contributed by atoms with Gasteiger partial charge < -0.3 is 9.26 Å². The first-order valence-corrected chi connectivity index (χ1v) is 7.48. The summed E-state index contributed by atoms with van der Waals surface area (Å²) in [5.74, 6) is 2.14. The molecule has 0 aliphatic heterocycles. The lowest BCUT2D eigenvalue weighted by Gasteiger charge is -2.16. The maximum absolute atomic E-state index is 5.94. The fourth-order valence-corrected chi connectivity index (χ4v) is 2.15. The van der Waals surface area contributed by atoms with Crippen molar-refractivity contribution in [1.82, 2.24) is 10.1 Å². The first kappa shape index (κ1) is 14.3.